The van der Waals surface area contributed by atoms with Crippen LogP contribution in [0.15, 0.2) is 42.7 Å². The number of benzene rings is 1. The lowest BCUT2D eigenvalue weighted by atomic mass is 10.1. The van der Waals surface area contributed by atoms with E-state index in [0.29, 0.717) is 24.3 Å². The molecule has 24 heavy (non-hydrogen) atoms. The lowest BCUT2D eigenvalue weighted by Gasteiger charge is -2.17. The summed E-state index contributed by atoms with van der Waals surface area (Å²) in [5.41, 5.74) is 3.05. The van der Waals surface area contributed by atoms with E-state index in [1.807, 2.05) is 13.0 Å². The molecule has 0 atom stereocenters. The summed E-state index contributed by atoms with van der Waals surface area (Å²) < 4.78 is 25.4. The van der Waals surface area contributed by atoms with Gasteiger partial charge in [-0.2, -0.15) is 0 Å². The maximum Gasteiger partial charge on any atom is 0.235 e. The number of nitrogens with one attached hydrogen (secondary N) is 1. The summed E-state index contributed by atoms with van der Waals surface area (Å²) in [5.74, 6) is 0.0108. The fourth-order valence-corrected chi connectivity index (χ4v) is 4.28. The quantitative estimate of drug-likeness (QED) is 0.920. The minimum atomic E-state index is -3.23. The van der Waals surface area contributed by atoms with E-state index in [1.165, 1.54) is 4.31 Å². The SMILES string of the molecule is Cc1ccncc1CC(=O)Nc1cccc(N2CCCS2(=O)=O)c1. The van der Waals surface area contributed by atoms with Crippen LogP contribution in [0, 0.1) is 6.92 Å². The largest absolute Gasteiger partial charge is 0.326 e. The Hall–Kier alpha value is -2.41. The number of sulfonamides is 1. The summed E-state index contributed by atoms with van der Waals surface area (Å²) in [5, 5.41) is 2.82. The summed E-state index contributed by atoms with van der Waals surface area (Å²) in [4.78, 5) is 16.3. The number of anilines is 2. The number of rotatable bonds is 4. The number of pyridine rings is 1. The highest BCUT2D eigenvalue weighted by molar-refractivity contribution is 7.93. The Balaban J connectivity index is 1.73. The topological polar surface area (TPSA) is 79.4 Å². The second kappa shape index (κ2) is 6.60. The number of carbonyl (C=O) groups is 1. The van der Waals surface area contributed by atoms with Crippen molar-refractivity contribution >= 4 is 27.3 Å². The molecule has 1 amide bonds. The molecule has 0 radical (unpaired) electrons. The molecule has 0 bridgehead atoms. The Morgan fingerprint density at radius 1 is 1.33 bits per heavy atom. The number of aromatic nitrogens is 1. The molecule has 0 spiro atoms. The summed E-state index contributed by atoms with van der Waals surface area (Å²) in [6.45, 7) is 2.41. The fraction of sp³-hybridized carbons (Fsp3) is 0.294. The molecule has 126 valence electrons. The van der Waals surface area contributed by atoms with Crippen molar-refractivity contribution < 1.29 is 13.2 Å². The molecule has 6 nitrogen and oxygen atoms in total. The van der Waals surface area contributed by atoms with Gasteiger partial charge in [0.25, 0.3) is 0 Å². The molecule has 0 unspecified atom stereocenters. The molecule has 2 aromatic rings. The molecule has 7 heteroatoms. The summed E-state index contributed by atoms with van der Waals surface area (Å²) in [7, 11) is -3.23. The number of nitrogens with zero attached hydrogens (tertiary/aromatic N) is 2. The van der Waals surface area contributed by atoms with Gasteiger partial charge < -0.3 is 5.32 Å². The summed E-state index contributed by atoms with van der Waals surface area (Å²) >= 11 is 0. The first-order chi connectivity index (χ1) is 11.5. The van der Waals surface area contributed by atoms with E-state index < -0.39 is 10.0 Å². The third-order valence-corrected chi connectivity index (χ3v) is 5.89. The Kier molecular flexibility index (Phi) is 4.53. The zero-order valence-corrected chi connectivity index (χ0v) is 14.2. The van der Waals surface area contributed by atoms with Gasteiger partial charge in [-0.15, -0.1) is 0 Å². The molecular weight excluding hydrogens is 326 g/mol. The van der Waals surface area contributed by atoms with Gasteiger partial charge in [-0.25, -0.2) is 8.42 Å². The Labute approximate surface area is 141 Å². The summed E-state index contributed by atoms with van der Waals surface area (Å²) in [6, 6.07) is 8.79. The van der Waals surface area contributed by atoms with Crippen molar-refractivity contribution in [1.29, 1.82) is 0 Å². The van der Waals surface area contributed by atoms with Crippen LogP contribution in [0.25, 0.3) is 0 Å². The van der Waals surface area contributed by atoms with Crippen LogP contribution in [0.2, 0.25) is 0 Å². The molecule has 1 aliphatic rings. The van der Waals surface area contributed by atoms with Crippen LogP contribution in [0.4, 0.5) is 11.4 Å². The van der Waals surface area contributed by atoms with Gasteiger partial charge in [0.15, 0.2) is 0 Å². The molecule has 0 saturated carbocycles. The third-order valence-electron chi connectivity index (χ3n) is 4.02. The highest BCUT2D eigenvalue weighted by Gasteiger charge is 2.28. The molecule has 1 aliphatic heterocycles. The van der Waals surface area contributed by atoms with Crippen LogP contribution < -0.4 is 9.62 Å². The van der Waals surface area contributed by atoms with Crippen molar-refractivity contribution in [2.24, 2.45) is 0 Å². The highest BCUT2D eigenvalue weighted by atomic mass is 32.2. The van der Waals surface area contributed by atoms with E-state index in [1.54, 1.807) is 36.7 Å². The predicted molar refractivity (Wildman–Crippen MR) is 93.5 cm³/mol. The van der Waals surface area contributed by atoms with Crippen LogP contribution >= 0.6 is 0 Å². The average Bonchev–Trinajstić information content (AvgIpc) is 2.89. The van der Waals surface area contributed by atoms with E-state index in [2.05, 4.69) is 10.3 Å². The molecule has 2 heterocycles. The van der Waals surface area contributed by atoms with E-state index >= 15 is 0 Å². The Morgan fingerprint density at radius 2 is 2.17 bits per heavy atom. The average molecular weight is 345 g/mol. The number of aryl methyl sites for hydroxylation is 1. The predicted octanol–water partition coefficient (Wildman–Crippen LogP) is 2.11. The van der Waals surface area contributed by atoms with Crippen molar-refractivity contribution in [2.75, 3.05) is 21.9 Å². The zero-order valence-electron chi connectivity index (χ0n) is 13.4. The van der Waals surface area contributed by atoms with Crippen molar-refractivity contribution in [3.8, 4) is 0 Å². The van der Waals surface area contributed by atoms with Crippen LogP contribution in [-0.2, 0) is 21.2 Å². The van der Waals surface area contributed by atoms with Gasteiger partial charge in [-0.1, -0.05) is 6.07 Å². The fourth-order valence-electron chi connectivity index (χ4n) is 2.73. The second-order valence-corrected chi connectivity index (χ2v) is 7.83. The molecule has 1 fully saturated rings. The minimum absolute atomic E-state index is 0.160. The Morgan fingerprint density at radius 3 is 2.88 bits per heavy atom. The van der Waals surface area contributed by atoms with E-state index in [9.17, 15) is 13.2 Å². The zero-order chi connectivity index (χ0) is 17.2. The number of amides is 1. The lowest BCUT2D eigenvalue weighted by molar-refractivity contribution is -0.115. The van der Waals surface area contributed by atoms with Crippen molar-refractivity contribution in [1.82, 2.24) is 4.98 Å². The van der Waals surface area contributed by atoms with Crippen LogP contribution in [-0.4, -0.2) is 31.6 Å². The first-order valence-corrected chi connectivity index (χ1v) is 9.36. The normalized spacial score (nSPS) is 16.1. The molecule has 1 N–H and O–H groups in total. The van der Waals surface area contributed by atoms with Gasteiger partial charge in [0.2, 0.25) is 15.9 Å². The van der Waals surface area contributed by atoms with Gasteiger partial charge in [-0.3, -0.25) is 14.1 Å². The van der Waals surface area contributed by atoms with E-state index in [4.69, 9.17) is 0 Å². The first-order valence-electron chi connectivity index (χ1n) is 7.75. The van der Waals surface area contributed by atoms with Gasteiger partial charge in [0.05, 0.1) is 17.9 Å². The monoisotopic (exact) mass is 345 g/mol. The Bertz CT molecular complexity index is 865. The lowest BCUT2D eigenvalue weighted by Crippen LogP contribution is -2.25. The van der Waals surface area contributed by atoms with Crippen molar-refractivity contribution in [2.45, 2.75) is 19.8 Å². The summed E-state index contributed by atoms with van der Waals surface area (Å²) in [6.07, 6.45) is 4.23. The maximum atomic E-state index is 12.2. The van der Waals surface area contributed by atoms with Gasteiger partial charge in [-0.05, 0) is 48.7 Å². The first kappa shape index (κ1) is 16.4. The maximum absolute atomic E-state index is 12.2. The van der Waals surface area contributed by atoms with Gasteiger partial charge >= 0.3 is 0 Å². The van der Waals surface area contributed by atoms with E-state index in [0.717, 1.165) is 11.1 Å². The van der Waals surface area contributed by atoms with Crippen LogP contribution in [0.3, 0.4) is 0 Å². The van der Waals surface area contributed by atoms with Crippen LogP contribution in [0.5, 0.6) is 0 Å². The second-order valence-electron chi connectivity index (χ2n) is 5.82. The third kappa shape index (κ3) is 3.56. The standard InChI is InChI=1S/C17H19N3O3S/c1-13-6-7-18-12-14(13)10-17(21)19-15-4-2-5-16(11-15)20-8-3-9-24(20,22)23/h2,4-7,11-12H,3,8-10H2,1H3,(H,19,21). The van der Waals surface area contributed by atoms with Crippen LogP contribution in [0.1, 0.15) is 17.5 Å². The number of carbonyl (C=O) groups excluding carboxylic acids is 1. The molecule has 1 aromatic carbocycles. The molecule has 3 rings (SSSR count). The highest BCUT2D eigenvalue weighted by Crippen LogP contribution is 2.26. The molecule has 1 saturated heterocycles. The molecular formula is C17H19N3O3S. The van der Waals surface area contributed by atoms with Crippen molar-refractivity contribution in [3.05, 3.63) is 53.9 Å². The van der Waals surface area contributed by atoms with E-state index in [-0.39, 0.29) is 18.1 Å². The number of hydrogen-bond donors (Lipinski definition) is 1. The molecule has 1 aromatic heterocycles. The van der Waals surface area contributed by atoms with Gasteiger partial charge in [0, 0.05) is 24.6 Å². The minimum Gasteiger partial charge on any atom is -0.326 e. The van der Waals surface area contributed by atoms with Gasteiger partial charge in [0.1, 0.15) is 0 Å². The smallest absolute Gasteiger partial charge is 0.235 e. The molecule has 0 aliphatic carbocycles. The number of hydrogen-bond acceptors (Lipinski definition) is 4. The van der Waals surface area contributed by atoms with Crippen molar-refractivity contribution in [3.63, 3.8) is 0 Å².